The minimum absolute atomic E-state index is 0.141. The van der Waals surface area contributed by atoms with E-state index in [9.17, 15) is 4.79 Å². The molecule has 18 heavy (non-hydrogen) atoms. The van der Waals surface area contributed by atoms with Gasteiger partial charge in [0.15, 0.2) is 0 Å². The van der Waals surface area contributed by atoms with Crippen LogP contribution in [0.5, 0.6) is 0 Å². The second-order valence-electron chi connectivity index (χ2n) is 6.43. The van der Waals surface area contributed by atoms with Crippen LogP contribution in [0.4, 0.5) is 0 Å². The van der Waals surface area contributed by atoms with Gasteiger partial charge in [0.2, 0.25) is 5.91 Å². The van der Waals surface area contributed by atoms with Gasteiger partial charge in [-0.15, -0.1) is 0 Å². The molecular weight excluding hydrogens is 224 g/mol. The first-order chi connectivity index (χ1) is 8.38. The summed E-state index contributed by atoms with van der Waals surface area (Å²) >= 11 is 0. The van der Waals surface area contributed by atoms with Crippen molar-refractivity contribution in [1.29, 1.82) is 0 Å². The summed E-state index contributed by atoms with van der Waals surface area (Å²) in [6.07, 6.45) is 4.95. The van der Waals surface area contributed by atoms with Gasteiger partial charge in [-0.25, -0.2) is 0 Å². The zero-order valence-electron chi connectivity index (χ0n) is 12.7. The van der Waals surface area contributed by atoms with E-state index in [-0.39, 0.29) is 5.91 Å². The fraction of sp³-hybridized carbons (Fsp3) is 0.933. The normalized spacial score (nSPS) is 25.2. The molecule has 1 fully saturated rings. The lowest BCUT2D eigenvalue weighted by Gasteiger charge is -2.37. The summed E-state index contributed by atoms with van der Waals surface area (Å²) in [5, 5.41) is 6.52. The highest BCUT2D eigenvalue weighted by Crippen LogP contribution is 2.30. The molecule has 2 unspecified atom stereocenters. The van der Waals surface area contributed by atoms with Crippen LogP contribution < -0.4 is 10.6 Å². The molecule has 2 N–H and O–H groups in total. The Morgan fingerprint density at radius 1 is 1.28 bits per heavy atom. The Kier molecular flexibility index (Phi) is 5.64. The van der Waals surface area contributed by atoms with Crippen LogP contribution in [0, 0.1) is 11.8 Å². The van der Waals surface area contributed by atoms with E-state index in [1.807, 2.05) is 20.8 Å². The summed E-state index contributed by atoms with van der Waals surface area (Å²) in [5.74, 6) is 1.43. The molecular formula is C15H30N2O. The van der Waals surface area contributed by atoms with Crippen LogP contribution in [0.1, 0.15) is 60.3 Å². The molecule has 0 bridgehead atoms. The highest BCUT2D eigenvalue weighted by atomic mass is 16.2. The minimum Gasteiger partial charge on any atom is -0.351 e. The molecule has 106 valence electrons. The van der Waals surface area contributed by atoms with Gasteiger partial charge in [0, 0.05) is 6.04 Å². The molecule has 0 aromatic carbocycles. The van der Waals surface area contributed by atoms with Gasteiger partial charge < -0.3 is 10.6 Å². The van der Waals surface area contributed by atoms with Gasteiger partial charge in [0.1, 0.15) is 0 Å². The minimum atomic E-state index is -0.465. The van der Waals surface area contributed by atoms with Crippen molar-refractivity contribution < 1.29 is 4.79 Å². The van der Waals surface area contributed by atoms with E-state index in [0.29, 0.717) is 17.9 Å². The van der Waals surface area contributed by atoms with E-state index in [0.717, 1.165) is 13.0 Å². The van der Waals surface area contributed by atoms with Crippen molar-refractivity contribution in [3.63, 3.8) is 0 Å². The molecule has 1 saturated carbocycles. The summed E-state index contributed by atoms with van der Waals surface area (Å²) in [5.41, 5.74) is -0.465. The quantitative estimate of drug-likeness (QED) is 0.792. The third-order valence-electron chi connectivity index (χ3n) is 4.18. The number of amides is 1. The molecule has 1 amide bonds. The summed E-state index contributed by atoms with van der Waals surface area (Å²) in [6.45, 7) is 11.3. The van der Waals surface area contributed by atoms with Gasteiger partial charge in [-0.3, -0.25) is 4.79 Å². The highest BCUT2D eigenvalue weighted by Gasteiger charge is 2.33. The first kappa shape index (κ1) is 15.5. The zero-order valence-corrected chi connectivity index (χ0v) is 12.7. The van der Waals surface area contributed by atoms with Crippen molar-refractivity contribution in [2.24, 2.45) is 11.8 Å². The lowest BCUT2D eigenvalue weighted by Crippen LogP contribution is -2.56. The molecule has 0 spiro atoms. The molecule has 2 atom stereocenters. The second-order valence-corrected chi connectivity index (χ2v) is 6.43. The van der Waals surface area contributed by atoms with Crippen LogP contribution in [0.3, 0.4) is 0 Å². The van der Waals surface area contributed by atoms with Crippen molar-refractivity contribution >= 4 is 5.91 Å². The van der Waals surface area contributed by atoms with Crippen LogP contribution in [0.2, 0.25) is 0 Å². The first-order valence-corrected chi connectivity index (χ1v) is 7.44. The number of nitrogens with one attached hydrogen (secondary N) is 2. The van der Waals surface area contributed by atoms with Crippen LogP contribution in [0.25, 0.3) is 0 Å². The van der Waals surface area contributed by atoms with E-state index < -0.39 is 5.54 Å². The molecule has 1 aliphatic carbocycles. The third kappa shape index (κ3) is 3.98. The van der Waals surface area contributed by atoms with Gasteiger partial charge in [0.25, 0.3) is 0 Å². The average Bonchev–Trinajstić information content (AvgIpc) is 2.29. The maximum atomic E-state index is 12.3. The van der Waals surface area contributed by atoms with Gasteiger partial charge in [-0.2, -0.15) is 0 Å². The third-order valence-corrected chi connectivity index (χ3v) is 4.18. The topological polar surface area (TPSA) is 41.1 Å². The van der Waals surface area contributed by atoms with Gasteiger partial charge in [-0.1, -0.05) is 33.6 Å². The molecule has 0 aliphatic heterocycles. The Balaban J connectivity index is 2.61. The molecule has 3 nitrogen and oxygen atoms in total. The average molecular weight is 254 g/mol. The van der Waals surface area contributed by atoms with Crippen molar-refractivity contribution in [2.75, 3.05) is 6.54 Å². The number of carbonyl (C=O) groups excluding carboxylic acids is 1. The molecule has 1 aliphatic rings. The van der Waals surface area contributed by atoms with Crippen molar-refractivity contribution in [1.82, 2.24) is 10.6 Å². The first-order valence-electron chi connectivity index (χ1n) is 7.44. The summed E-state index contributed by atoms with van der Waals surface area (Å²) < 4.78 is 0. The van der Waals surface area contributed by atoms with Gasteiger partial charge >= 0.3 is 0 Å². The highest BCUT2D eigenvalue weighted by molar-refractivity contribution is 5.85. The summed E-state index contributed by atoms with van der Waals surface area (Å²) in [6, 6.07) is 0.365. The van der Waals surface area contributed by atoms with Crippen molar-refractivity contribution in [3.8, 4) is 0 Å². The number of rotatable bonds is 5. The van der Waals surface area contributed by atoms with Crippen molar-refractivity contribution in [2.45, 2.75) is 71.9 Å². The molecule has 0 aromatic rings. The maximum absolute atomic E-state index is 12.3. The molecule has 0 aromatic heterocycles. The van der Waals surface area contributed by atoms with Crippen LogP contribution in [-0.2, 0) is 4.79 Å². The number of likely N-dealkylation sites (N-methyl/N-ethyl adjacent to an activating group) is 1. The van der Waals surface area contributed by atoms with Gasteiger partial charge in [-0.05, 0) is 45.1 Å². The van der Waals surface area contributed by atoms with Crippen LogP contribution >= 0.6 is 0 Å². The smallest absolute Gasteiger partial charge is 0.239 e. The lowest BCUT2D eigenvalue weighted by atomic mass is 9.77. The van der Waals surface area contributed by atoms with Crippen LogP contribution in [-0.4, -0.2) is 24.0 Å². The Hall–Kier alpha value is -0.570. The molecule has 3 heteroatoms. The van der Waals surface area contributed by atoms with Crippen molar-refractivity contribution in [3.05, 3.63) is 0 Å². The Labute approximate surface area is 112 Å². The Morgan fingerprint density at radius 3 is 2.44 bits per heavy atom. The predicted molar refractivity (Wildman–Crippen MR) is 76.5 cm³/mol. The largest absolute Gasteiger partial charge is 0.351 e. The Morgan fingerprint density at radius 2 is 1.89 bits per heavy atom. The number of hydrogen-bond donors (Lipinski definition) is 2. The summed E-state index contributed by atoms with van der Waals surface area (Å²) in [4.78, 5) is 12.3. The monoisotopic (exact) mass is 254 g/mol. The summed E-state index contributed by atoms with van der Waals surface area (Å²) in [7, 11) is 0. The SMILES string of the molecule is CCNC(C)(C)C(=O)NC1CCCCC1C(C)C. The van der Waals surface area contributed by atoms with E-state index in [4.69, 9.17) is 0 Å². The van der Waals surface area contributed by atoms with E-state index in [1.165, 1.54) is 19.3 Å². The fourth-order valence-corrected chi connectivity index (χ4v) is 3.01. The Bertz CT molecular complexity index is 274. The van der Waals surface area contributed by atoms with E-state index in [2.05, 4.69) is 24.5 Å². The standard InChI is InChI=1S/C15H30N2O/c1-6-16-15(4,5)14(18)17-13-10-8-7-9-12(13)11(2)3/h11-13,16H,6-10H2,1-5H3,(H,17,18). The molecule has 0 heterocycles. The zero-order chi connectivity index (χ0) is 13.8. The molecule has 1 rings (SSSR count). The molecule has 0 saturated heterocycles. The van der Waals surface area contributed by atoms with E-state index >= 15 is 0 Å². The van der Waals surface area contributed by atoms with E-state index in [1.54, 1.807) is 0 Å². The lowest BCUT2D eigenvalue weighted by molar-refractivity contribution is -0.128. The van der Waals surface area contributed by atoms with Crippen LogP contribution in [0.15, 0.2) is 0 Å². The van der Waals surface area contributed by atoms with Gasteiger partial charge in [0.05, 0.1) is 5.54 Å². The maximum Gasteiger partial charge on any atom is 0.239 e. The molecule has 0 radical (unpaired) electrons. The second kappa shape index (κ2) is 6.55. The fourth-order valence-electron chi connectivity index (χ4n) is 3.01. The predicted octanol–water partition coefficient (Wildman–Crippen LogP) is 2.71. The number of carbonyl (C=O) groups is 1. The number of hydrogen-bond acceptors (Lipinski definition) is 2.